The molecule has 0 aromatic carbocycles. The summed E-state index contributed by atoms with van der Waals surface area (Å²) < 4.78 is 9.60. The maximum absolute atomic E-state index is 11.0. The van der Waals surface area contributed by atoms with E-state index in [4.69, 9.17) is 4.74 Å². The fraction of sp³-hybridized carbons (Fsp3) is 0.889. The predicted octanol–water partition coefficient (Wildman–Crippen LogP) is 0.937. The monoisotopic (exact) mass is 267 g/mol. The molecule has 5 heteroatoms. The van der Waals surface area contributed by atoms with Crippen LogP contribution in [0.2, 0.25) is 0 Å². The van der Waals surface area contributed by atoms with Gasteiger partial charge in [0.25, 0.3) is 0 Å². The van der Waals surface area contributed by atoms with Gasteiger partial charge in [0, 0.05) is 19.7 Å². The fourth-order valence-corrected chi connectivity index (χ4v) is 1.38. The quantitative estimate of drug-likeness (QED) is 0.551. The zero-order chi connectivity index (χ0) is 11.0. The Labute approximate surface area is 93.5 Å². The molecule has 14 heavy (non-hydrogen) atoms. The van der Waals surface area contributed by atoms with Gasteiger partial charge in [0.15, 0.2) is 0 Å². The van der Waals surface area contributed by atoms with Crippen LogP contribution in [0.25, 0.3) is 0 Å². The van der Waals surface area contributed by atoms with Crippen molar-refractivity contribution >= 4 is 21.9 Å². The summed E-state index contributed by atoms with van der Waals surface area (Å²) in [6, 6.07) is 0.282. The summed E-state index contributed by atoms with van der Waals surface area (Å²) in [6.45, 7) is 3.27. The first kappa shape index (κ1) is 13.9. The Balaban J connectivity index is 3.72. The van der Waals surface area contributed by atoms with Crippen LogP contribution in [0.4, 0.5) is 0 Å². The number of ether oxygens (including phenoxy) is 2. The first-order chi connectivity index (χ1) is 6.65. The van der Waals surface area contributed by atoms with Crippen LogP contribution in [0.5, 0.6) is 0 Å². The molecule has 0 aliphatic heterocycles. The molecule has 4 nitrogen and oxygen atoms in total. The fourth-order valence-electron chi connectivity index (χ4n) is 1.00. The smallest absolute Gasteiger partial charge is 0.320 e. The Kier molecular flexibility index (Phi) is 8.12. The second-order valence-corrected chi connectivity index (χ2v) is 4.06. The van der Waals surface area contributed by atoms with Crippen molar-refractivity contribution in [3.8, 4) is 0 Å². The molecule has 0 bridgehead atoms. The number of carbonyl (C=O) groups excluding carboxylic acids is 1. The third-order valence-corrected chi connectivity index (χ3v) is 2.60. The number of nitrogens with one attached hydrogen (secondary N) is 1. The number of esters is 1. The second-order valence-electron chi connectivity index (χ2n) is 2.96. The molecular weight excluding hydrogens is 250 g/mol. The maximum Gasteiger partial charge on any atom is 0.320 e. The highest BCUT2D eigenvalue weighted by Crippen LogP contribution is 2.01. The predicted molar refractivity (Wildman–Crippen MR) is 58.7 cm³/mol. The van der Waals surface area contributed by atoms with E-state index in [1.54, 1.807) is 7.11 Å². The second kappa shape index (κ2) is 8.20. The van der Waals surface area contributed by atoms with Crippen LogP contribution >= 0.6 is 15.9 Å². The van der Waals surface area contributed by atoms with Crippen molar-refractivity contribution in [2.45, 2.75) is 24.2 Å². The summed E-state index contributed by atoms with van der Waals surface area (Å²) in [5, 5.41) is 3.21. The van der Waals surface area contributed by atoms with E-state index in [1.807, 2.05) is 0 Å². The van der Waals surface area contributed by atoms with Crippen molar-refractivity contribution in [3.63, 3.8) is 0 Å². The van der Waals surface area contributed by atoms with E-state index in [9.17, 15) is 4.79 Å². The van der Waals surface area contributed by atoms with Crippen molar-refractivity contribution in [3.05, 3.63) is 0 Å². The molecule has 0 aromatic rings. The summed E-state index contributed by atoms with van der Waals surface area (Å²) in [6.07, 6.45) is 0.967. The lowest BCUT2D eigenvalue weighted by Gasteiger charge is -2.17. The topological polar surface area (TPSA) is 47.6 Å². The first-order valence-electron chi connectivity index (χ1n) is 4.59. The minimum Gasteiger partial charge on any atom is -0.468 e. The molecule has 2 atom stereocenters. The average molecular weight is 268 g/mol. The normalized spacial score (nSPS) is 14.9. The summed E-state index contributed by atoms with van der Waals surface area (Å²) in [7, 11) is 3.04. The molecule has 2 unspecified atom stereocenters. The van der Waals surface area contributed by atoms with Gasteiger partial charge in [-0.15, -0.1) is 0 Å². The van der Waals surface area contributed by atoms with E-state index in [2.05, 4.69) is 32.9 Å². The highest BCUT2D eigenvalue weighted by Gasteiger charge is 2.16. The van der Waals surface area contributed by atoms with Gasteiger partial charge in [-0.3, -0.25) is 4.79 Å². The Bertz CT molecular complexity index is 166. The lowest BCUT2D eigenvalue weighted by Crippen LogP contribution is -2.38. The van der Waals surface area contributed by atoms with Crippen molar-refractivity contribution in [1.82, 2.24) is 5.32 Å². The van der Waals surface area contributed by atoms with Gasteiger partial charge in [0.05, 0.1) is 13.7 Å². The number of halogens is 1. The Morgan fingerprint density at radius 3 is 2.57 bits per heavy atom. The van der Waals surface area contributed by atoms with Crippen LogP contribution in [0, 0.1) is 0 Å². The molecule has 1 N–H and O–H groups in total. The average Bonchev–Trinajstić information content (AvgIpc) is 2.22. The molecule has 0 spiro atoms. The molecule has 0 aromatic heterocycles. The third kappa shape index (κ3) is 5.57. The lowest BCUT2D eigenvalue weighted by atomic mass is 10.2. The van der Waals surface area contributed by atoms with Crippen LogP contribution < -0.4 is 5.32 Å². The Morgan fingerprint density at radius 1 is 1.50 bits per heavy atom. The van der Waals surface area contributed by atoms with Crippen molar-refractivity contribution in [1.29, 1.82) is 0 Å². The van der Waals surface area contributed by atoms with Crippen LogP contribution in [0.1, 0.15) is 13.3 Å². The molecule has 84 valence electrons. The molecule has 0 radical (unpaired) electrons. The molecule has 0 saturated carbocycles. The van der Waals surface area contributed by atoms with Gasteiger partial charge in [0.1, 0.15) is 4.83 Å². The van der Waals surface area contributed by atoms with Crippen molar-refractivity contribution < 1.29 is 14.3 Å². The highest BCUT2D eigenvalue weighted by molar-refractivity contribution is 9.10. The number of methoxy groups -OCH3 is 2. The van der Waals surface area contributed by atoms with Crippen LogP contribution in [0.15, 0.2) is 0 Å². The zero-order valence-corrected chi connectivity index (χ0v) is 10.5. The number of carbonyl (C=O) groups is 1. The van der Waals surface area contributed by atoms with Crippen LogP contribution in [-0.4, -0.2) is 44.2 Å². The maximum atomic E-state index is 11.0. The molecule has 0 aliphatic rings. The largest absolute Gasteiger partial charge is 0.468 e. The summed E-state index contributed by atoms with van der Waals surface area (Å²) >= 11 is 3.23. The Hall–Kier alpha value is -0.130. The Morgan fingerprint density at radius 2 is 2.14 bits per heavy atom. The van der Waals surface area contributed by atoms with E-state index in [-0.39, 0.29) is 16.8 Å². The molecule has 0 fully saturated rings. The minimum absolute atomic E-state index is 0.259. The number of hydrogen-bond donors (Lipinski definition) is 1. The summed E-state index contributed by atoms with van der Waals surface area (Å²) in [4.78, 5) is 10.7. The van der Waals surface area contributed by atoms with Gasteiger partial charge in [-0.05, 0) is 6.42 Å². The number of hydrogen-bond acceptors (Lipinski definition) is 4. The van der Waals surface area contributed by atoms with E-state index < -0.39 is 0 Å². The van der Waals surface area contributed by atoms with Crippen LogP contribution in [-0.2, 0) is 14.3 Å². The first-order valence-corrected chi connectivity index (χ1v) is 5.51. The van der Waals surface area contributed by atoms with E-state index in [0.717, 1.165) is 6.42 Å². The standard InChI is InChI=1S/C9H18BrNO3/c1-4-7(6-13-2)11-5-8(10)9(12)14-3/h7-8,11H,4-6H2,1-3H3. The minimum atomic E-state index is -0.293. The highest BCUT2D eigenvalue weighted by atomic mass is 79.9. The lowest BCUT2D eigenvalue weighted by molar-refractivity contribution is -0.139. The van der Waals surface area contributed by atoms with Gasteiger partial charge in [-0.25, -0.2) is 0 Å². The zero-order valence-electron chi connectivity index (χ0n) is 8.88. The molecular formula is C9H18BrNO3. The number of rotatable bonds is 7. The van der Waals surface area contributed by atoms with Crippen molar-refractivity contribution in [2.24, 2.45) is 0 Å². The van der Waals surface area contributed by atoms with Gasteiger partial charge in [0.2, 0.25) is 0 Å². The third-order valence-electron chi connectivity index (χ3n) is 1.90. The van der Waals surface area contributed by atoms with Gasteiger partial charge < -0.3 is 14.8 Å². The number of alkyl halides is 1. The van der Waals surface area contributed by atoms with E-state index >= 15 is 0 Å². The van der Waals surface area contributed by atoms with Crippen LogP contribution in [0.3, 0.4) is 0 Å². The molecule has 0 amide bonds. The van der Waals surface area contributed by atoms with Gasteiger partial charge >= 0.3 is 5.97 Å². The molecule has 0 saturated heterocycles. The SMILES string of the molecule is CCC(COC)NCC(Br)C(=O)OC. The summed E-state index contributed by atoms with van der Waals surface area (Å²) in [5.74, 6) is -0.259. The molecule has 0 aliphatic carbocycles. The van der Waals surface area contributed by atoms with Gasteiger partial charge in [-0.1, -0.05) is 22.9 Å². The summed E-state index contributed by atoms with van der Waals surface area (Å²) in [5.41, 5.74) is 0. The molecule has 0 heterocycles. The van der Waals surface area contributed by atoms with Gasteiger partial charge in [-0.2, -0.15) is 0 Å². The van der Waals surface area contributed by atoms with E-state index in [0.29, 0.717) is 13.2 Å². The molecule has 0 rings (SSSR count). The van der Waals surface area contributed by atoms with E-state index in [1.165, 1.54) is 7.11 Å². The van der Waals surface area contributed by atoms with Crippen molar-refractivity contribution in [2.75, 3.05) is 27.4 Å².